The predicted molar refractivity (Wildman–Crippen MR) is 86.0 cm³/mol. The number of para-hydroxylation sites is 1. The molecule has 2 N–H and O–H groups in total. The maximum absolute atomic E-state index is 10.2. The molecule has 0 bridgehead atoms. The van der Waals surface area contributed by atoms with Gasteiger partial charge in [-0.25, -0.2) is 4.98 Å². The van der Waals surface area contributed by atoms with Crippen molar-refractivity contribution in [3.8, 4) is 17.0 Å². The average molecular weight is 294 g/mol. The zero-order chi connectivity index (χ0) is 14.9. The molecule has 1 aliphatic carbocycles. The number of benzene rings is 1. The van der Waals surface area contributed by atoms with Crippen molar-refractivity contribution in [2.45, 2.75) is 31.7 Å². The molecule has 0 amide bonds. The Hall–Kier alpha value is -2.56. The van der Waals surface area contributed by atoms with E-state index >= 15 is 0 Å². The highest BCUT2D eigenvalue weighted by Crippen LogP contribution is 2.35. The van der Waals surface area contributed by atoms with Crippen LogP contribution >= 0.6 is 0 Å². The number of hydrogen-bond acceptors (Lipinski definition) is 4. The van der Waals surface area contributed by atoms with Crippen molar-refractivity contribution in [3.05, 3.63) is 42.9 Å². The highest BCUT2D eigenvalue weighted by atomic mass is 16.3. The molecule has 3 aromatic rings. The quantitative estimate of drug-likeness (QED) is 0.776. The summed E-state index contributed by atoms with van der Waals surface area (Å²) in [6.45, 7) is 0. The lowest BCUT2D eigenvalue weighted by Crippen LogP contribution is -2.16. The molecular weight excluding hydrogens is 276 g/mol. The van der Waals surface area contributed by atoms with Gasteiger partial charge in [0, 0.05) is 24.0 Å². The number of phenols is 1. The fourth-order valence-electron chi connectivity index (χ4n) is 3.17. The molecule has 0 spiro atoms. The lowest BCUT2D eigenvalue weighted by Gasteiger charge is -2.15. The first-order valence-electron chi connectivity index (χ1n) is 7.70. The van der Waals surface area contributed by atoms with E-state index in [1.54, 1.807) is 18.5 Å². The standard InChI is InChI=1S/C17H18N4O/c22-14-8-4-3-7-13(14)16-17(19-12-5-1-2-6-12)21-10-9-18-11-15(21)20-16/h3-4,7-12,19,22H,1-2,5-6H2. The van der Waals surface area contributed by atoms with Crippen LogP contribution in [0.3, 0.4) is 0 Å². The predicted octanol–water partition coefficient (Wildman–Crippen LogP) is 3.46. The van der Waals surface area contributed by atoms with Crippen LogP contribution in [0, 0.1) is 0 Å². The number of nitrogens with one attached hydrogen (secondary N) is 1. The van der Waals surface area contributed by atoms with Crippen LogP contribution in [0.25, 0.3) is 16.9 Å². The Kier molecular flexibility index (Phi) is 3.18. The molecule has 2 aromatic heterocycles. The minimum atomic E-state index is 0.244. The van der Waals surface area contributed by atoms with Gasteiger partial charge in [-0.05, 0) is 25.0 Å². The summed E-state index contributed by atoms with van der Waals surface area (Å²) >= 11 is 0. The maximum Gasteiger partial charge on any atom is 0.157 e. The minimum Gasteiger partial charge on any atom is -0.507 e. The number of nitrogens with zero attached hydrogens (tertiary/aromatic N) is 3. The number of aromatic nitrogens is 3. The van der Waals surface area contributed by atoms with Gasteiger partial charge in [0.2, 0.25) is 0 Å². The van der Waals surface area contributed by atoms with E-state index in [9.17, 15) is 5.11 Å². The Bertz CT molecular complexity index is 805. The lowest BCUT2D eigenvalue weighted by atomic mass is 10.1. The molecule has 1 aliphatic rings. The summed E-state index contributed by atoms with van der Waals surface area (Å²) in [5.41, 5.74) is 2.30. The van der Waals surface area contributed by atoms with Crippen molar-refractivity contribution in [1.82, 2.24) is 14.4 Å². The molecule has 5 heteroatoms. The normalized spacial score (nSPS) is 15.5. The molecule has 1 saturated carbocycles. The highest BCUT2D eigenvalue weighted by Gasteiger charge is 2.21. The van der Waals surface area contributed by atoms with Gasteiger partial charge in [0.15, 0.2) is 5.65 Å². The number of fused-ring (bicyclic) bond motifs is 1. The first-order chi connectivity index (χ1) is 10.8. The Labute approximate surface area is 128 Å². The Morgan fingerprint density at radius 1 is 1.18 bits per heavy atom. The van der Waals surface area contributed by atoms with E-state index < -0.39 is 0 Å². The third-order valence-electron chi connectivity index (χ3n) is 4.29. The second-order valence-electron chi connectivity index (χ2n) is 5.76. The second kappa shape index (κ2) is 5.33. The number of phenolic OH excluding ortho intramolecular Hbond substituents is 1. The van der Waals surface area contributed by atoms with E-state index in [-0.39, 0.29) is 5.75 Å². The fraction of sp³-hybridized carbons (Fsp3) is 0.294. The minimum absolute atomic E-state index is 0.244. The van der Waals surface area contributed by atoms with Gasteiger partial charge in [0.25, 0.3) is 0 Å². The van der Waals surface area contributed by atoms with Crippen LogP contribution in [0.1, 0.15) is 25.7 Å². The molecule has 2 heterocycles. The van der Waals surface area contributed by atoms with Gasteiger partial charge in [0.1, 0.15) is 17.3 Å². The van der Waals surface area contributed by atoms with Gasteiger partial charge >= 0.3 is 0 Å². The monoisotopic (exact) mass is 294 g/mol. The van der Waals surface area contributed by atoms with E-state index in [0.29, 0.717) is 6.04 Å². The van der Waals surface area contributed by atoms with E-state index in [0.717, 1.165) is 22.7 Å². The van der Waals surface area contributed by atoms with Crippen LogP contribution in [0.15, 0.2) is 42.9 Å². The van der Waals surface area contributed by atoms with Gasteiger partial charge in [-0.2, -0.15) is 0 Å². The summed E-state index contributed by atoms with van der Waals surface area (Å²) in [5, 5.41) is 13.8. The summed E-state index contributed by atoms with van der Waals surface area (Å²) in [6, 6.07) is 7.79. The van der Waals surface area contributed by atoms with E-state index in [1.807, 2.05) is 28.8 Å². The molecule has 5 nitrogen and oxygen atoms in total. The van der Waals surface area contributed by atoms with Crippen molar-refractivity contribution >= 4 is 11.5 Å². The molecule has 0 radical (unpaired) electrons. The number of anilines is 1. The van der Waals surface area contributed by atoms with Crippen LogP contribution < -0.4 is 5.32 Å². The Morgan fingerprint density at radius 2 is 2.00 bits per heavy atom. The molecule has 22 heavy (non-hydrogen) atoms. The SMILES string of the molecule is Oc1ccccc1-c1nc2cnccn2c1NC1CCCC1. The number of hydrogen-bond donors (Lipinski definition) is 2. The summed E-state index contributed by atoms with van der Waals surface area (Å²) in [5.74, 6) is 1.18. The molecule has 112 valence electrons. The molecule has 1 aromatic carbocycles. The molecular formula is C17H18N4O. The topological polar surface area (TPSA) is 62.5 Å². The molecule has 0 unspecified atom stereocenters. The molecule has 0 atom stereocenters. The van der Waals surface area contributed by atoms with Crippen LogP contribution in [0.2, 0.25) is 0 Å². The molecule has 4 rings (SSSR count). The third kappa shape index (κ3) is 2.19. The summed E-state index contributed by atoms with van der Waals surface area (Å²) in [4.78, 5) is 8.81. The van der Waals surface area contributed by atoms with Crippen LogP contribution in [0.4, 0.5) is 5.82 Å². The average Bonchev–Trinajstić information content (AvgIpc) is 3.17. The summed E-state index contributed by atoms with van der Waals surface area (Å²) in [6.07, 6.45) is 10.3. The zero-order valence-corrected chi connectivity index (χ0v) is 12.2. The summed E-state index contributed by atoms with van der Waals surface area (Å²) in [7, 11) is 0. The van der Waals surface area contributed by atoms with Gasteiger partial charge < -0.3 is 10.4 Å². The van der Waals surface area contributed by atoms with Crippen molar-refractivity contribution in [1.29, 1.82) is 0 Å². The lowest BCUT2D eigenvalue weighted by molar-refractivity contribution is 0.477. The van der Waals surface area contributed by atoms with Crippen molar-refractivity contribution in [3.63, 3.8) is 0 Å². The van der Waals surface area contributed by atoms with E-state index in [1.165, 1.54) is 25.7 Å². The molecule has 0 saturated heterocycles. The van der Waals surface area contributed by atoms with E-state index in [4.69, 9.17) is 0 Å². The highest BCUT2D eigenvalue weighted by molar-refractivity contribution is 5.80. The Morgan fingerprint density at radius 3 is 2.82 bits per heavy atom. The van der Waals surface area contributed by atoms with Gasteiger partial charge in [0.05, 0.1) is 6.20 Å². The Balaban J connectivity index is 1.87. The zero-order valence-electron chi connectivity index (χ0n) is 12.2. The maximum atomic E-state index is 10.2. The van der Waals surface area contributed by atoms with Crippen LogP contribution in [-0.2, 0) is 0 Å². The molecule has 1 fully saturated rings. The number of imidazole rings is 1. The fourth-order valence-corrected chi connectivity index (χ4v) is 3.17. The van der Waals surface area contributed by atoms with Gasteiger partial charge in [-0.3, -0.25) is 9.38 Å². The van der Waals surface area contributed by atoms with Crippen molar-refractivity contribution < 1.29 is 5.11 Å². The number of aromatic hydroxyl groups is 1. The van der Waals surface area contributed by atoms with E-state index in [2.05, 4.69) is 15.3 Å². The second-order valence-corrected chi connectivity index (χ2v) is 5.76. The van der Waals surface area contributed by atoms with Gasteiger partial charge in [-0.1, -0.05) is 25.0 Å². The number of rotatable bonds is 3. The smallest absolute Gasteiger partial charge is 0.157 e. The third-order valence-corrected chi connectivity index (χ3v) is 4.29. The van der Waals surface area contributed by atoms with Crippen molar-refractivity contribution in [2.75, 3.05) is 5.32 Å². The first-order valence-corrected chi connectivity index (χ1v) is 7.70. The summed E-state index contributed by atoms with van der Waals surface area (Å²) < 4.78 is 2.01. The first kappa shape index (κ1) is 13.1. The van der Waals surface area contributed by atoms with Crippen LogP contribution in [-0.4, -0.2) is 25.5 Å². The molecule has 0 aliphatic heterocycles. The van der Waals surface area contributed by atoms with Crippen molar-refractivity contribution in [2.24, 2.45) is 0 Å². The van der Waals surface area contributed by atoms with Crippen LogP contribution in [0.5, 0.6) is 5.75 Å². The van der Waals surface area contributed by atoms with Gasteiger partial charge in [-0.15, -0.1) is 0 Å². The largest absolute Gasteiger partial charge is 0.507 e.